The molecule has 0 bridgehead atoms. The van der Waals surface area contributed by atoms with Crippen LogP contribution in [0.25, 0.3) is 0 Å². The van der Waals surface area contributed by atoms with Crippen molar-refractivity contribution in [2.75, 3.05) is 7.05 Å². The zero-order valence-electron chi connectivity index (χ0n) is 8.26. The molecule has 0 radical (unpaired) electrons. The number of halogens is 3. The summed E-state index contributed by atoms with van der Waals surface area (Å²) < 4.78 is 2.55. The average molecular weight is 357 g/mol. The molecule has 0 aliphatic rings. The summed E-state index contributed by atoms with van der Waals surface area (Å²) in [5, 5.41) is 7.42. The molecule has 0 amide bonds. The van der Waals surface area contributed by atoms with Gasteiger partial charge < -0.3 is 5.32 Å². The van der Waals surface area contributed by atoms with Gasteiger partial charge in [0.15, 0.2) is 0 Å². The minimum Gasteiger partial charge on any atom is -0.309 e. The Labute approximate surface area is 121 Å². The van der Waals surface area contributed by atoms with Crippen molar-refractivity contribution < 1.29 is 0 Å². The van der Waals surface area contributed by atoms with E-state index in [4.69, 9.17) is 23.2 Å². The van der Waals surface area contributed by atoms with Crippen molar-refractivity contribution in [1.82, 2.24) is 5.32 Å². The predicted molar refractivity (Wildman–Crippen MR) is 77.3 cm³/mol. The normalized spacial score (nSPS) is 13.0. The molecule has 1 N–H and O–H groups in total. The SMILES string of the molecule is CNC(c1cscc1Br)c1cc(Cl)sc1Cl. The summed E-state index contributed by atoms with van der Waals surface area (Å²) in [6.45, 7) is 0. The molecule has 1 nitrogen and oxygen atoms in total. The van der Waals surface area contributed by atoms with Gasteiger partial charge in [0.05, 0.1) is 14.7 Å². The van der Waals surface area contributed by atoms with Crippen LogP contribution in [0.5, 0.6) is 0 Å². The number of nitrogens with one attached hydrogen (secondary N) is 1. The standard InChI is InChI=1S/C10H8BrCl2NS2/c1-14-9(6-3-15-4-7(6)11)5-2-8(12)16-10(5)13/h2-4,9,14H,1H3. The minimum absolute atomic E-state index is 0.0804. The number of thiophene rings is 2. The van der Waals surface area contributed by atoms with Gasteiger partial charge in [0.2, 0.25) is 0 Å². The van der Waals surface area contributed by atoms with Gasteiger partial charge in [0.25, 0.3) is 0 Å². The molecular formula is C10H8BrCl2NS2. The van der Waals surface area contributed by atoms with Crippen LogP contribution >= 0.6 is 61.8 Å². The number of rotatable bonds is 3. The molecule has 0 saturated carbocycles. The third-order valence-corrected chi connectivity index (χ3v) is 5.51. The Balaban J connectivity index is 2.44. The van der Waals surface area contributed by atoms with Gasteiger partial charge in [0.1, 0.15) is 0 Å². The highest BCUT2D eigenvalue weighted by atomic mass is 79.9. The first-order valence-corrected chi connectivity index (χ1v) is 7.78. The lowest BCUT2D eigenvalue weighted by Crippen LogP contribution is -2.17. The Hall–Kier alpha value is 0.420. The molecule has 0 aliphatic heterocycles. The van der Waals surface area contributed by atoms with Crippen molar-refractivity contribution in [3.8, 4) is 0 Å². The molecule has 2 aromatic heterocycles. The Morgan fingerprint density at radius 2 is 2.06 bits per heavy atom. The highest BCUT2D eigenvalue weighted by molar-refractivity contribution is 9.10. The molecule has 0 saturated heterocycles. The molecule has 16 heavy (non-hydrogen) atoms. The molecular weight excluding hydrogens is 349 g/mol. The molecule has 1 atom stereocenters. The smallest absolute Gasteiger partial charge is 0.0995 e. The first-order chi connectivity index (χ1) is 7.63. The summed E-state index contributed by atoms with van der Waals surface area (Å²) >= 11 is 18.7. The molecule has 0 aliphatic carbocycles. The second kappa shape index (κ2) is 5.38. The maximum atomic E-state index is 6.17. The van der Waals surface area contributed by atoms with Crippen LogP contribution in [0.1, 0.15) is 17.2 Å². The van der Waals surface area contributed by atoms with E-state index in [2.05, 4.69) is 32.0 Å². The van der Waals surface area contributed by atoms with Gasteiger partial charge in [-0.15, -0.1) is 11.3 Å². The summed E-state index contributed by atoms with van der Waals surface area (Å²) in [6.07, 6.45) is 0. The van der Waals surface area contributed by atoms with Gasteiger partial charge in [-0.2, -0.15) is 11.3 Å². The number of hydrogen-bond acceptors (Lipinski definition) is 3. The van der Waals surface area contributed by atoms with E-state index in [1.165, 1.54) is 16.9 Å². The fraction of sp³-hybridized carbons (Fsp3) is 0.200. The van der Waals surface area contributed by atoms with Gasteiger partial charge in [-0.3, -0.25) is 0 Å². The fourth-order valence-electron chi connectivity index (χ4n) is 1.53. The zero-order valence-corrected chi connectivity index (χ0v) is 13.0. The van der Waals surface area contributed by atoms with Crippen LogP contribution in [0, 0.1) is 0 Å². The van der Waals surface area contributed by atoms with Crippen LogP contribution in [-0.4, -0.2) is 7.05 Å². The van der Waals surface area contributed by atoms with Crippen LogP contribution in [0.3, 0.4) is 0 Å². The summed E-state index contributed by atoms with van der Waals surface area (Å²) in [7, 11) is 1.91. The molecule has 0 fully saturated rings. The van der Waals surface area contributed by atoms with E-state index in [1.54, 1.807) is 11.3 Å². The highest BCUT2D eigenvalue weighted by Gasteiger charge is 2.20. The molecule has 2 heterocycles. The largest absolute Gasteiger partial charge is 0.309 e. The Bertz CT molecular complexity index is 495. The third-order valence-electron chi connectivity index (χ3n) is 2.24. The maximum absolute atomic E-state index is 6.17. The lowest BCUT2D eigenvalue weighted by Gasteiger charge is -2.15. The molecule has 6 heteroatoms. The van der Waals surface area contributed by atoms with E-state index in [1.807, 2.05) is 13.1 Å². The second-order valence-corrected chi connectivity index (χ2v) is 7.06. The van der Waals surface area contributed by atoms with Crippen LogP contribution < -0.4 is 5.32 Å². The van der Waals surface area contributed by atoms with Crippen molar-refractivity contribution in [3.05, 3.63) is 41.1 Å². The van der Waals surface area contributed by atoms with Gasteiger partial charge >= 0.3 is 0 Å². The minimum atomic E-state index is 0.0804. The first-order valence-electron chi connectivity index (χ1n) is 4.47. The summed E-state index contributed by atoms with van der Waals surface area (Å²) in [6, 6.07) is 2.00. The van der Waals surface area contributed by atoms with Gasteiger partial charge in [-0.05, 0) is 40.0 Å². The molecule has 1 unspecified atom stereocenters. The van der Waals surface area contributed by atoms with E-state index < -0.39 is 0 Å². The zero-order chi connectivity index (χ0) is 11.7. The van der Waals surface area contributed by atoms with Crippen LogP contribution in [0.2, 0.25) is 8.67 Å². The van der Waals surface area contributed by atoms with Gasteiger partial charge in [0, 0.05) is 15.4 Å². The van der Waals surface area contributed by atoms with Crippen molar-refractivity contribution in [3.63, 3.8) is 0 Å². The molecule has 86 valence electrons. The predicted octanol–water partition coefficient (Wildman–Crippen LogP) is 5.19. The van der Waals surface area contributed by atoms with Crippen molar-refractivity contribution >= 4 is 61.8 Å². The highest BCUT2D eigenvalue weighted by Crippen LogP contribution is 2.39. The van der Waals surface area contributed by atoms with Crippen molar-refractivity contribution in [2.45, 2.75) is 6.04 Å². The topological polar surface area (TPSA) is 12.0 Å². The van der Waals surface area contributed by atoms with Crippen molar-refractivity contribution in [1.29, 1.82) is 0 Å². The Kier molecular flexibility index (Phi) is 4.32. The van der Waals surface area contributed by atoms with Crippen LogP contribution in [0.4, 0.5) is 0 Å². The lowest BCUT2D eigenvalue weighted by atomic mass is 10.1. The monoisotopic (exact) mass is 355 g/mol. The maximum Gasteiger partial charge on any atom is 0.0995 e. The third kappa shape index (κ3) is 2.47. The fourth-order valence-corrected chi connectivity index (χ4v) is 4.61. The van der Waals surface area contributed by atoms with E-state index in [0.29, 0.717) is 4.34 Å². The molecule has 0 aromatic carbocycles. The summed E-state index contributed by atoms with van der Waals surface area (Å²) in [5.41, 5.74) is 2.21. The van der Waals surface area contributed by atoms with Crippen molar-refractivity contribution in [2.24, 2.45) is 0 Å². The van der Waals surface area contributed by atoms with E-state index >= 15 is 0 Å². The van der Waals surface area contributed by atoms with Gasteiger partial charge in [-0.25, -0.2) is 0 Å². The second-order valence-electron chi connectivity index (χ2n) is 3.18. The summed E-state index contributed by atoms with van der Waals surface area (Å²) in [4.78, 5) is 0. The van der Waals surface area contributed by atoms with E-state index in [-0.39, 0.29) is 6.04 Å². The number of hydrogen-bond donors (Lipinski definition) is 1. The lowest BCUT2D eigenvalue weighted by molar-refractivity contribution is 0.694. The molecule has 0 spiro atoms. The van der Waals surface area contributed by atoms with Crippen LogP contribution in [-0.2, 0) is 0 Å². The molecule has 2 aromatic rings. The van der Waals surface area contributed by atoms with E-state index in [9.17, 15) is 0 Å². The van der Waals surface area contributed by atoms with E-state index in [0.717, 1.165) is 14.4 Å². The first kappa shape index (κ1) is 12.9. The van der Waals surface area contributed by atoms with Gasteiger partial charge in [-0.1, -0.05) is 23.2 Å². The Morgan fingerprint density at radius 1 is 1.31 bits per heavy atom. The molecule has 2 rings (SSSR count). The average Bonchev–Trinajstić information content (AvgIpc) is 2.77. The van der Waals surface area contributed by atoms with Crippen LogP contribution in [0.15, 0.2) is 21.3 Å². The summed E-state index contributed by atoms with van der Waals surface area (Å²) in [5.74, 6) is 0. The quantitative estimate of drug-likeness (QED) is 0.798. The Morgan fingerprint density at radius 3 is 2.50 bits per heavy atom.